The minimum absolute atomic E-state index is 0.423. The number of benzene rings is 1. The molecule has 112 valence electrons. The van der Waals surface area contributed by atoms with E-state index in [9.17, 15) is 0 Å². The summed E-state index contributed by atoms with van der Waals surface area (Å²) < 4.78 is 0. The van der Waals surface area contributed by atoms with Crippen LogP contribution in [0.5, 0.6) is 0 Å². The van der Waals surface area contributed by atoms with Crippen LogP contribution >= 0.6 is 23.2 Å². The summed E-state index contributed by atoms with van der Waals surface area (Å²) >= 11 is 12.7. The lowest BCUT2D eigenvalue weighted by Crippen LogP contribution is -2.57. The second kappa shape index (κ2) is 6.55. The van der Waals surface area contributed by atoms with Crippen LogP contribution in [0.25, 0.3) is 0 Å². The number of rotatable bonds is 3. The van der Waals surface area contributed by atoms with E-state index in [0.29, 0.717) is 18.0 Å². The molecular weight excluding hydrogens is 291 g/mol. The summed E-state index contributed by atoms with van der Waals surface area (Å²) in [7, 11) is 0. The van der Waals surface area contributed by atoms with Gasteiger partial charge in [0.1, 0.15) is 0 Å². The highest BCUT2D eigenvalue weighted by atomic mass is 35.5. The highest BCUT2D eigenvalue weighted by Crippen LogP contribution is 2.34. The second-order valence-corrected chi connectivity index (χ2v) is 6.77. The molecular formula is C16H24Cl2N2. The number of aryl methyl sites for hydroxylation is 1. The Kier molecular flexibility index (Phi) is 5.22. The Balaban J connectivity index is 2.27. The van der Waals surface area contributed by atoms with Gasteiger partial charge in [-0.1, -0.05) is 43.5 Å². The van der Waals surface area contributed by atoms with Crippen molar-refractivity contribution in [2.45, 2.75) is 46.2 Å². The van der Waals surface area contributed by atoms with Crippen LogP contribution in [-0.2, 0) is 0 Å². The molecule has 4 heteroatoms. The van der Waals surface area contributed by atoms with Crippen LogP contribution in [0.2, 0.25) is 10.0 Å². The van der Waals surface area contributed by atoms with E-state index in [-0.39, 0.29) is 0 Å². The zero-order valence-electron chi connectivity index (χ0n) is 12.7. The van der Waals surface area contributed by atoms with Gasteiger partial charge < -0.3 is 10.2 Å². The lowest BCUT2D eigenvalue weighted by atomic mass is 9.95. The lowest BCUT2D eigenvalue weighted by Gasteiger charge is -2.42. The first-order valence-corrected chi connectivity index (χ1v) is 8.15. The maximum atomic E-state index is 6.44. The monoisotopic (exact) mass is 314 g/mol. The zero-order chi connectivity index (χ0) is 14.9. The summed E-state index contributed by atoms with van der Waals surface area (Å²) in [5.74, 6) is 0.657. The van der Waals surface area contributed by atoms with Gasteiger partial charge in [0.15, 0.2) is 0 Å². The first-order chi connectivity index (χ1) is 9.43. The van der Waals surface area contributed by atoms with Crippen molar-refractivity contribution in [2.24, 2.45) is 5.92 Å². The number of halogens is 2. The van der Waals surface area contributed by atoms with Crippen LogP contribution in [0.1, 0.15) is 32.8 Å². The molecule has 1 fully saturated rings. The van der Waals surface area contributed by atoms with Gasteiger partial charge in [-0.2, -0.15) is 0 Å². The molecule has 1 aliphatic rings. The molecule has 0 spiro atoms. The van der Waals surface area contributed by atoms with Crippen molar-refractivity contribution in [2.75, 3.05) is 18.0 Å². The quantitative estimate of drug-likeness (QED) is 0.882. The number of nitrogens with one attached hydrogen (secondary N) is 1. The van der Waals surface area contributed by atoms with Gasteiger partial charge in [-0.05, 0) is 37.5 Å². The van der Waals surface area contributed by atoms with Gasteiger partial charge in [-0.3, -0.25) is 0 Å². The minimum atomic E-state index is 0.423. The Bertz CT molecular complexity index is 476. The number of hydrogen-bond donors (Lipinski definition) is 1. The Hall–Kier alpha value is -0.440. The normalized spacial score (nSPS) is 24.8. The zero-order valence-corrected chi connectivity index (χ0v) is 14.2. The third-order valence-corrected chi connectivity index (χ3v) is 5.18. The molecule has 1 aromatic rings. The van der Waals surface area contributed by atoms with Gasteiger partial charge in [0, 0.05) is 30.2 Å². The second-order valence-electron chi connectivity index (χ2n) is 5.95. The first-order valence-electron chi connectivity index (χ1n) is 7.39. The van der Waals surface area contributed by atoms with Gasteiger partial charge in [0.2, 0.25) is 0 Å². The van der Waals surface area contributed by atoms with Crippen molar-refractivity contribution in [3.63, 3.8) is 0 Å². The van der Waals surface area contributed by atoms with Crippen LogP contribution in [0.15, 0.2) is 12.1 Å². The maximum Gasteiger partial charge on any atom is 0.0643 e. The Morgan fingerprint density at radius 1 is 1.35 bits per heavy atom. The molecule has 2 nitrogen and oxygen atoms in total. The Morgan fingerprint density at radius 3 is 2.70 bits per heavy atom. The number of nitrogens with zero attached hydrogens (tertiary/aromatic N) is 1. The molecule has 0 bridgehead atoms. The predicted molar refractivity (Wildman–Crippen MR) is 89.3 cm³/mol. The summed E-state index contributed by atoms with van der Waals surface area (Å²) in [5.41, 5.74) is 2.09. The molecule has 1 N–H and O–H groups in total. The van der Waals surface area contributed by atoms with Crippen molar-refractivity contribution in [1.82, 2.24) is 5.32 Å². The molecule has 0 aliphatic carbocycles. The fourth-order valence-corrected chi connectivity index (χ4v) is 3.23. The predicted octanol–water partition coefficient (Wildman–Crippen LogP) is 4.51. The van der Waals surface area contributed by atoms with Crippen LogP contribution in [0.4, 0.5) is 5.69 Å². The van der Waals surface area contributed by atoms with Gasteiger partial charge in [0.05, 0.1) is 10.7 Å². The van der Waals surface area contributed by atoms with E-state index >= 15 is 0 Å². The van der Waals surface area contributed by atoms with E-state index < -0.39 is 0 Å². The molecule has 2 rings (SSSR count). The first kappa shape index (κ1) is 15.9. The van der Waals surface area contributed by atoms with E-state index in [0.717, 1.165) is 34.4 Å². The SMILES string of the molecule is CCC(C)C1CN(c2cc(Cl)c(C)cc2Cl)C(C)CN1. The van der Waals surface area contributed by atoms with E-state index in [1.54, 1.807) is 0 Å². The topological polar surface area (TPSA) is 15.3 Å². The standard InChI is InChI=1S/C16H24Cl2N2/c1-5-10(2)15-9-20(12(4)8-19-15)16-7-13(17)11(3)6-14(16)18/h6-7,10,12,15,19H,5,8-9H2,1-4H3. The van der Waals surface area contributed by atoms with E-state index in [1.807, 2.05) is 19.1 Å². The van der Waals surface area contributed by atoms with Gasteiger partial charge in [0.25, 0.3) is 0 Å². The summed E-state index contributed by atoms with van der Waals surface area (Å²) in [5, 5.41) is 5.23. The molecule has 0 radical (unpaired) electrons. The molecule has 3 unspecified atom stereocenters. The van der Waals surface area contributed by atoms with Crippen LogP contribution < -0.4 is 10.2 Å². The third kappa shape index (κ3) is 3.24. The Morgan fingerprint density at radius 2 is 2.05 bits per heavy atom. The number of piperazine rings is 1. The van der Waals surface area contributed by atoms with E-state index in [1.165, 1.54) is 6.42 Å². The molecule has 0 amide bonds. The summed E-state index contributed by atoms with van der Waals surface area (Å²) in [4.78, 5) is 2.39. The van der Waals surface area contributed by atoms with Crippen molar-refractivity contribution < 1.29 is 0 Å². The van der Waals surface area contributed by atoms with Crippen molar-refractivity contribution in [1.29, 1.82) is 0 Å². The van der Waals surface area contributed by atoms with Crippen molar-refractivity contribution in [3.8, 4) is 0 Å². The molecule has 0 saturated carbocycles. The van der Waals surface area contributed by atoms with Crippen LogP contribution in [-0.4, -0.2) is 25.2 Å². The Labute approximate surface area is 132 Å². The molecule has 20 heavy (non-hydrogen) atoms. The highest BCUT2D eigenvalue weighted by Gasteiger charge is 2.29. The maximum absolute atomic E-state index is 6.44. The fraction of sp³-hybridized carbons (Fsp3) is 0.625. The lowest BCUT2D eigenvalue weighted by molar-refractivity contribution is 0.316. The van der Waals surface area contributed by atoms with E-state index in [2.05, 4.69) is 31.0 Å². The fourth-order valence-electron chi connectivity index (χ4n) is 2.75. The smallest absolute Gasteiger partial charge is 0.0643 e. The highest BCUT2D eigenvalue weighted by molar-refractivity contribution is 6.35. The van der Waals surface area contributed by atoms with E-state index in [4.69, 9.17) is 23.2 Å². The molecule has 1 heterocycles. The molecule has 0 aromatic heterocycles. The van der Waals surface area contributed by atoms with Gasteiger partial charge in [-0.15, -0.1) is 0 Å². The van der Waals surface area contributed by atoms with Crippen molar-refractivity contribution >= 4 is 28.9 Å². The van der Waals surface area contributed by atoms with Crippen molar-refractivity contribution in [3.05, 3.63) is 27.7 Å². The minimum Gasteiger partial charge on any atom is -0.365 e. The molecule has 3 atom stereocenters. The number of hydrogen-bond acceptors (Lipinski definition) is 2. The molecule has 1 saturated heterocycles. The molecule has 1 aromatic carbocycles. The average molecular weight is 315 g/mol. The number of anilines is 1. The van der Waals surface area contributed by atoms with Crippen LogP contribution in [0.3, 0.4) is 0 Å². The van der Waals surface area contributed by atoms with Gasteiger partial charge in [-0.25, -0.2) is 0 Å². The third-order valence-electron chi connectivity index (χ3n) is 4.47. The van der Waals surface area contributed by atoms with Crippen LogP contribution in [0, 0.1) is 12.8 Å². The summed E-state index contributed by atoms with van der Waals surface area (Å²) in [6.45, 7) is 10.7. The van der Waals surface area contributed by atoms with Gasteiger partial charge >= 0.3 is 0 Å². The largest absolute Gasteiger partial charge is 0.365 e. The summed E-state index contributed by atoms with van der Waals surface area (Å²) in [6, 6.07) is 4.90. The molecule has 1 aliphatic heterocycles. The average Bonchev–Trinajstić information content (AvgIpc) is 2.43. The summed E-state index contributed by atoms with van der Waals surface area (Å²) in [6.07, 6.45) is 1.18.